The minimum absolute atomic E-state index is 0.235. The predicted molar refractivity (Wildman–Crippen MR) is 130 cm³/mol. The molecule has 2 heterocycles. The number of Topliss-reactive ketones (excluding diaryl/α,β-unsaturated/α-hetero) is 1. The molecule has 0 spiro atoms. The number of sulfonamides is 1. The van der Waals surface area contributed by atoms with Crippen molar-refractivity contribution in [2.24, 2.45) is 5.92 Å². The van der Waals surface area contributed by atoms with Gasteiger partial charge in [-0.1, -0.05) is 44.2 Å². The lowest BCUT2D eigenvalue weighted by Gasteiger charge is -2.30. The highest BCUT2D eigenvalue weighted by atomic mass is 32.2. The van der Waals surface area contributed by atoms with Gasteiger partial charge in [-0.25, -0.2) is 8.42 Å². The molecule has 1 aliphatic heterocycles. The number of rotatable bonds is 7. The van der Waals surface area contributed by atoms with Gasteiger partial charge in [0.05, 0.1) is 10.8 Å². The van der Waals surface area contributed by atoms with Gasteiger partial charge in [-0.2, -0.15) is 4.31 Å². The maximum atomic E-state index is 13.0. The maximum absolute atomic E-state index is 13.0. The predicted octanol–water partition coefficient (Wildman–Crippen LogP) is 4.51. The normalized spacial score (nSPS) is 16.6. The minimum Gasteiger partial charge on any atom is -0.454 e. The van der Waals surface area contributed by atoms with Gasteiger partial charge in [0.2, 0.25) is 15.8 Å². The quantitative estimate of drug-likeness (QED) is 0.395. The topological polar surface area (TPSA) is 96.5 Å². The molecule has 1 N–H and O–H groups in total. The number of hydrogen-bond donors (Lipinski definition) is 1. The number of nitrogens with one attached hydrogen (secondary N) is 1. The third-order valence-electron chi connectivity index (χ3n) is 6.49. The molecular formula is C26H30N2O5S. The van der Waals surface area contributed by atoms with E-state index >= 15 is 0 Å². The largest absolute Gasteiger partial charge is 0.454 e. The Morgan fingerprint density at radius 2 is 1.65 bits per heavy atom. The number of carbonyl (C=O) groups is 2. The number of H-pyrrole nitrogens is 1. The monoisotopic (exact) mass is 482 g/mol. The van der Waals surface area contributed by atoms with Gasteiger partial charge in [0.15, 0.2) is 6.10 Å². The van der Waals surface area contributed by atoms with Crippen molar-refractivity contribution in [1.29, 1.82) is 0 Å². The lowest BCUT2D eigenvalue weighted by molar-refractivity contribution is -0.152. The zero-order valence-corrected chi connectivity index (χ0v) is 20.5. The van der Waals surface area contributed by atoms with Gasteiger partial charge in [-0.15, -0.1) is 0 Å². The third kappa shape index (κ3) is 4.79. The molecule has 2 aromatic carbocycles. The molecular weight excluding hydrogens is 452 g/mol. The summed E-state index contributed by atoms with van der Waals surface area (Å²) in [4.78, 5) is 28.9. The standard InChI is InChI=1S/C26H30N2O5S/c1-17(2)19-8-10-21(11-9-19)34(31,32)28-14-12-20(13-15-28)26(30)33-18(3)25(29)23-16-27-24-7-5-4-6-22(23)24/h4-11,16-18,20,27H,12-15H2,1-3H3. The van der Waals surface area contributed by atoms with Crippen molar-refractivity contribution >= 4 is 32.7 Å². The zero-order chi connectivity index (χ0) is 24.5. The van der Waals surface area contributed by atoms with Crippen LogP contribution in [0.25, 0.3) is 10.9 Å². The van der Waals surface area contributed by atoms with Crippen LogP contribution in [0.5, 0.6) is 0 Å². The Morgan fingerprint density at radius 3 is 2.29 bits per heavy atom. The van der Waals surface area contributed by atoms with Gasteiger partial charge in [-0.3, -0.25) is 9.59 Å². The van der Waals surface area contributed by atoms with E-state index in [0.29, 0.717) is 24.3 Å². The minimum atomic E-state index is -3.62. The Labute approximate surface area is 200 Å². The molecule has 0 saturated carbocycles. The summed E-state index contributed by atoms with van der Waals surface area (Å²) < 4.78 is 32.9. The van der Waals surface area contributed by atoms with E-state index in [-0.39, 0.29) is 23.8 Å². The Hall–Kier alpha value is -2.97. The van der Waals surface area contributed by atoms with Crippen LogP contribution in [0.3, 0.4) is 0 Å². The number of esters is 1. The Balaban J connectivity index is 1.35. The van der Waals surface area contributed by atoms with E-state index in [0.717, 1.165) is 16.5 Å². The number of hydrogen-bond acceptors (Lipinski definition) is 5. The molecule has 1 aromatic heterocycles. The number of fused-ring (bicyclic) bond motifs is 1. The van der Waals surface area contributed by atoms with Crippen LogP contribution < -0.4 is 0 Å². The number of benzene rings is 2. The SMILES string of the molecule is CC(OC(=O)C1CCN(S(=O)(=O)c2ccc(C(C)C)cc2)CC1)C(=O)c1c[nH]c2ccccc12. The number of carbonyl (C=O) groups excluding carboxylic acids is 2. The molecule has 4 rings (SSSR count). The molecule has 1 fully saturated rings. The number of ketones is 1. The van der Waals surface area contributed by atoms with Crippen LogP contribution in [0.2, 0.25) is 0 Å². The van der Waals surface area contributed by atoms with E-state index < -0.39 is 28.0 Å². The van der Waals surface area contributed by atoms with Gasteiger partial charge in [0.25, 0.3) is 0 Å². The number of nitrogens with zero attached hydrogens (tertiary/aromatic N) is 1. The number of para-hydroxylation sites is 1. The van der Waals surface area contributed by atoms with Crippen molar-refractivity contribution in [3.8, 4) is 0 Å². The smallest absolute Gasteiger partial charge is 0.309 e. The molecule has 0 amide bonds. The van der Waals surface area contributed by atoms with Crippen LogP contribution in [-0.4, -0.2) is 48.7 Å². The van der Waals surface area contributed by atoms with Crippen LogP contribution in [-0.2, 0) is 19.6 Å². The molecule has 1 saturated heterocycles. The van der Waals surface area contributed by atoms with Gasteiger partial charge in [-0.05, 0) is 49.4 Å². The van der Waals surface area contributed by atoms with E-state index in [4.69, 9.17) is 4.74 Å². The second kappa shape index (κ2) is 9.72. The van der Waals surface area contributed by atoms with Crippen LogP contribution >= 0.6 is 0 Å². The van der Waals surface area contributed by atoms with Gasteiger partial charge in [0.1, 0.15) is 0 Å². The highest BCUT2D eigenvalue weighted by Gasteiger charge is 2.34. The Bertz CT molecular complexity index is 1290. The summed E-state index contributed by atoms with van der Waals surface area (Å²) in [5.41, 5.74) is 2.41. The van der Waals surface area contributed by atoms with Crippen LogP contribution in [0.15, 0.2) is 59.6 Å². The fraction of sp³-hybridized carbons (Fsp3) is 0.385. The number of piperidine rings is 1. The lowest BCUT2D eigenvalue weighted by Crippen LogP contribution is -2.41. The second-order valence-electron chi connectivity index (χ2n) is 9.09. The van der Waals surface area contributed by atoms with Gasteiger partial charge < -0.3 is 9.72 Å². The molecule has 34 heavy (non-hydrogen) atoms. The van der Waals surface area contributed by atoms with Crippen molar-refractivity contribution < 1.29 is 22.7 Å². The molecule has 8 heteroatoms. The van der Waals surface area contributed by atoms with E-state index in [1.807, 2.05) is 36.4 Å². The van der Waals surface area contributed by atoms with E-state index in [1.165, 1.54) is 4.31 Å². The summed E-state index contributed by atoms with van der Waals surface area (Å²) in [6.45, 7) is 6.16. The van der Waals surface area contributed by atoms with Crippen molar-refractivity contribution in [2.45, 2.75) is 50.5 Å². The van der Waals surface area contributed by atoms with Crippen molar-refractivity contribution in [2.75, 3.05) is 13.1 Å². The molecule has 1 aliphatic rings. The first-order valence-corrected chi connectivity index (χ1v) is 13.0. The average molecular weight is 483 g/mol. The van der Waals surface area contributed by atoms with Crippen molar-refractivity contribution in [1.82, 2.24) is 9.29 Å². The average Bonchev–Trinajstić information content (AvgIpc) is 3.27. The molecule has 0 aliphatic carbocycles. The van der Waals surface area contributed by atoms with Crippen molar-refractivity contribution in [3.05, 3.63) is 65.9 Å². The maximum Gasteiger partial charge on any atom is 0.309 e. The highest BCUT2D eigenvalue weighted by Crippen LogP contribution is 2.27. The molecule has 0 bridgehead atoms. The molecule has 1 unspecified atom stereocenters. The lowest BCUT2D eigenvalue weighted by atomic mass is 9.98. The molecule has 180 valence electrons. The third-order valence-corrected chi connectivity index (χ3v) is 8.40. The van der Waals surface area contributed by atoms with Crippen LogP contribution in [0.4, 0.5) is 0 Å². The molecule has 1 atom stereocenters. The Kier molecular flexibility index (Phi) is 6.91. The number of ether oxygens (including phenoxy) is 1. The first-order chi connectivity index (χ1) is 16.2. The number of aromatic amines is 1. The Morgan fingerprint density at radius 1 is 1.00 bits per heavy atom. The summed E-state index contributed by atoms with van der Waals surface area (Å²) in [6, 6.07) is 14.4. The summed E-state index contributed by atoms with van der Waals surface area (Å²) >= 11 is 0. The zero-order valence-electron chi connectivity index (χ0n) is 19.7. The molecule has 3 aromatic rings. The van der Waals surface area contributed by atoms with Gasteiger partial charge >= 0.3 is 5.97 Å². The second-order valence-corrected chi connectivity index (χ2v) is 11.0. The van der Waals surface area contributed by atoms with Crippen LogP contribution in [0.1, 0.15) is 55.5 Å². The summed E-state index contributed by atoms with van der Waals surface area (Å²) in [5.74, 6) is -0.841. The van der Waals surface area contributed by atoms with Crippen LogP contribution in [0, 0.1) is 5.92 Å². The van der Waals surface area contributed by atoms with E-state index in [9.17, 15) is 18.0 Å². The summed E-state index contributed by atoms with van der Waals surface area (Å²) in [7, 11) is -3.62. The van der Waals surface area contributed by atoms with Gasteiger partial charge in [0, 0.05) is 35.8 Å². The molecule has 0 radical (unpaired) electrons. The summed E-state index contributed by atoms with van der Waals surface area (Å²) in [5, 5.41) is 0.787. The fourth-order valence-electron chi connectivity index (χ4n) is 4.32. The highest BCUT2D eigenvalue weighted by molar-refractivity contribution is 7.89. The van der Waals surface area contributed by atoms with E-state index in [1.54, 1.807) is 25.3 Å². The first-order valence-electron chi connectivity index (χ1n) is 11.6. The number of aromatic nitrogens is 1. The fourth-order valence-corrected chi connectivity index (χ4v) is 5.79. The summed E-state index contributed by atoms with van der Waals surface area (Å²) in [6.07, 6.45) is 1.42. The van der Waals surface area contributed by atoms with E-state index in [2.05, 4.69) is 18.8 Å². The molecule has 7 nitrogen and oxygen atoms in total. The first kappa shape index (κ1) is 24.2. The van der Waals surface area contributed by atoms with Crippen molar-refractivity contribution in [3.63, 3.8) is 0 Å².